The van der Waals surface area contributed by atoms with E-state index in [2.05, 4.69) is 36.4 Å². The summed E-state index contributed by atoms with van der Waals surface area (Å²) in [4.78, 5) is 29.8. The van der Waals surface area contributed by atoms with Gasteiger partial charge in [-0.1, -0.05) is 25.2 Å². The first-order valence-corrected chi connectivity index (χ1v) is 8.73. The number of fused-ring (bicyclic) bond motifs is 1. The molecule has 2 N–H and O–H groups in total. The van der Waals surface area contributed by atoms with Crippen LogP contribution >= 0.6 is 11.3 Å². The number of nitrogens with zero attached hydrogens (tertiary/aromatic N) is 1. The van der Waals surface area contributed by atoms with Crippen LogP contribution in [0.4, 0.5) is 5.13 Å². The molecule has 0 bridgehead atoms. The van der Waals surface area contributed by atoms with Crippen molar-refractivity contribution >= 4 is 28.2 Å². The molecule has 1 aromatic heterocycles. The van der Waals surface area contributed by atoms with E-state index in [1.54, 1.807) is 0 Å². The van der Waals surface area contributed by atoms with Crippen LogP contribution in [0.2, 0.25) is 0 Å². The highest BCUT2D eigenvalue weighted by atomic mass is 32.1. The number of thiazole rings is 1. The fourth-order valence-corrected chi connectivity index (χ4v) is 4.27. The van der Waals surface area contributed by atoms with Crippen LogP contribution in [0.15, 0.2) is 0 Å². The summed E-state index contributed by atoms with van der Waals surface area (Å²) in [6.45, 7) is 7.15. The van der Waals surface area contributed by atoms with E-state index in [9.17, 15) is 9.59 Å². The number of rotatable bonds is 2. The molecule has 1 aromatic rings. The van der Waals surface area contributed by atoms with E-state index in [4.69, 9.17) is 0 Å². The third kappa shape index (κ3) is 3.22. The highest BCUT2D eigenvalue weighted by Gasteiger charge is 2.34. The van der Waals surface area contributed by atoms with Gasteiger partial charge in [0, 0.05) is 18.4 Å². The highest BCUT2D eigenvalue weighted by molar-refractivity contribution is 7.17. The molecule has 1 saturated heterocycles. The minimum atomic E-state index is -0.0378. The van der Waals surface area contributed by atoms with Gasteiger partial charge in [0.2, 0.25) is 5.91 Å². The summed E-state index contributed by atoms with van der Waals surface area (Å²) in [7, 11) is 0. The van der Waals surface area contributed by atoms with Gasteiger partial charge in [0.25, 0.3) is 0 Å². The lowest BCUT2D eigenvalue weighted by molar-refractivity contribution is -0.120. The molecule has 2 aliphatic rings. The number of ketones is 1. The van der Waals surface area contributed by atoms with Crippen molar-refractivity contribution in [1.29, 1.82) is 0 Å². The van der Waals surface area contributed by atoms with Gasteiger partial charge in [-0.3, -0.25) is 9.59 Å². The van der Waals surface area contributed by atoms with Crippen molar-refractivity contribution in [2.75, 3.05) is 11.9 Å². The van der Waals surface area contributed by atoms with Gasteiger partial charge >= 0.3 is 0 Å². The maximum absolute atomic E-state index is 12.4. The zero-order chi connectivity index (χ0) is 15.9. The SMILES string of the molecule is C[C@H]1C[C@@H](C(=O)Nc2nc3c(s2)C(=O)CC(C)(C)C3)CCN1. The Morgan fingerprint density at radius 2 is 2.18 bits per heavy atom. The number of aromatic nitrogens is 1. The third-order valence-electron chi connectivity index (χ3n) is 4.46. The molecule has 3 rings (SSSR count). The first-order valence-electron chi connectivity index (χ1n) is 7.91. The molecule has 120 valence electrons. The van der Waals surface area contributed by atoms with Crippen molar-refractivity contribution in [3.8, 4) is 0 Å². The number of piperidine rings is 1. The summed E-state index contributed by atoms with van der Waals surface area (Å²) >= 11 is 1.33. The van der Waals surface area contributed by atoms with Crippen molar-refractivity contribution in [1.82, 2.24) is 10.3 Å². The number of hydrogen-bond acceptors (Lipinski definition) is 5. The number of carbonyl (C=O) groups is 2. The monoisotopic (exact) mass is 321 g/mol. The van der Waals surface area contributed by atoms with Crippen molar-refractivity contribution in [2.45, 2.75) is 52.5 Å². The fourth-order valence-electron chi connectivity index (χ4n) is 3.35. The Hall–Kier alpha value is -1.27. The summed E-state index contributed by atoms with van der Waals surface area (Å²) in [5, 5.41) is 6.85. The molecule has 0 spiro atoms. The topological polar surface area (TPSA) is 71.1 Å². The van der Waals surface area contributed by atoms with E-state index >= 15 is 0 Å². The normalized spacial score (nSPS) is 27.3. The van der Waals surface area contributed by atoms with Crippen LogP contribution in [0.5, 0.6) is 0 Å². The van der Waals surface area contributed by atoms with Crippen LogP contribution in [0, 0.1) is 11.3 Å². The molecule has 6 heteroatoms. The predicted molar refractivity (Wildman–Crippen MR) is 87.4 cm³/mol. The van der Waals surface area contributed by atoms with Crippen LogP contribution in [-0.4, -0.2) is 29.3 Å². The number of carbonyl (C=O) groups excluding carboxylic acids is 2. The summed E-state index contributed by atoms with van der Waals surface area (Å²) in [5.74, 6) is 0.218. The molecular formula is C16H23N3O2S. The number of nitrogens with one attached hydrogen (secondary N) is 2. The summed E-state index contributed by atoms with van der Waals surface area (Å²) in [5.41, 5.74) is 0.810. The Bertz CT molecular complexity index is 609. The van der Waals surface area contributed by atoms with Crippen molar-refractivity contribution in [3.63, 3.8) is 0 Å². The molecule has 2 heterocycles. The predicted octanol–water partition coefficient (Wildman–Crippen LogP) is 2.62. The number of Topliss-reactive ketones (excluding diaryl/α,β-unsaturated/α-hetero) is 1. The largest absolute Gasteiger partial charge is 0.314 e. The van der Waals surface area contributed by atoms with Gasteiger partial charge in [0.15, 0.2) is 10.9 Å². The van der Waals surface area contributed by atoms with Gasteiger partial charge in [0.05, 0.1) is 10.6 Å². The summed E-state index contributed by atoms with van der Waals surface area (Å²) in [6, 6.07) is 0.372. The Kier molecular flexibility index (Phi) is 4.07. The van der Waals surface area contributed by atoms with E-state index in [1.807, 2.05) is 0 Å². The van der Waals surface area contributed by atoms with Crippen LogP contribution in [0.25, 0.3) is 0 Å². The number of hydrogen-bond donors (Lipinski definition) is 2. The van der Waals surface area contributed by atoms with Crippen LogP contribution in [0.1, 0.15) is 55.4 Å². The average Bonchev–Trinajstić information content (AvgIpc) is 2.80. The zero-order valence-electron chi connectivity index (χ0n) is 13.4. The molecule has 1 aliphatic heterocycles. The molecule has 5 nitrogen and oxygen atoms in total. The van der Waals surface area contributed by atoms with Crippen LogP contribution < -0.4 is 10.6 Å². The van der Waals surface area contributed by atoms with Crippen molar-refractivity contribution in [3.05, 3.63) is 10.6 Å². The van der Waals surface area contributed by atoms with Crippen molar-refractivity contribution < 1.29 is 9.59 Å². The van der Waals surface area contributed by atoms with Gasteiger partial charge in [-0.25, -0.2) is 4.98 Å². The minimum Gasteiger partial charge on any atom is -0.314 e. The zero-order valence-corrected chi connectivity index (χ0v) is 14.2. The lowest BCUT2D eigenvalue weighted by Gasteiger charge is -2.26. The first-order chi connectivity index (χ1) is 10.3. The van der Waals surface area contributed by atoms with Gasteiger partial charge in [-0.05, 0) is 38.1 Å². The molecule has 1 aliphatic carbocycles. The molecule has 22 heavy (non-hydrogen) atoms. The average molecular weight is 321 g/mol. The molecule has 0 radical (unpaired) electrons. The second-order valence-electron chi connectivity index (χ2n) is 7.30. The minimum absolute atomic E-state index is 0.0318. The number of amides is 1. The molecule has 0 unspecified atom stereocenters. The third-order valence-corrected chi connectivity index (χ3v) is 5.51. The van der Waals surface area contributed by atoms with Gasteiger partial charge in [-0.15, -0.1) is 0 Å². The molecule has 0 aromatic carbocycles. The smallest absolute Gasteiger partial charge is 0.229 e. The second-order valence-corrected chi connectivity index (χ2v) is 8.30. The standard InChI is InChI=1S/C16H23N3O2S/c1-9-6-10(4-5-17-9)14(21)19-15-18-11-7-16(2,3)8-12(20)13(11)22-15/h9-10,17H,4-8H2,1-3H3,(H,18,19,21)/t9-,10-/m0/s1. The van der Waals surface area contributed by atoms with E-state index in [-0.39, 0.29) is 23.0 Å². The van der Waals surface area contributed by atoms with Gasteiger partial charge in [0.1, 0.15) is 0 Å². The Morgan fingerprint density at radius 3 is 2.91 bits per heavy atom. The molecular weight excluding hydrogens is 298 g/mol. The first kappa shape index (κ1) is 15.6. The number of anilines is 1. The lowest BCUT2D eigenvalue weighted by Crippen LogP contribution is -2.40. The van der Waals surface area contributed by atoms with Crippen LogP contribution in [0.3, 0.4) is 0 Å². The highest BCUT2D eigenvalue weighted by Crippen LogP contribution is 2.38. The lowest BCUT2D eigenvalue weighted by atomic mass is 9.78. The Balaban J connectivity index is 1.72. The van der Waals surface area contributed by atoms with E-state index in [1.165, 1.54) is 11.3 Å². The molecule has 1 amide bonds. The van der Waals surface area contributed by atoms with Crippen molar-refractivity contribution in [2.24, 2.45) is 11.3 Å². The molecule has 1 fully saturated rings. The molecule has 2 atom stereocenters. The van der Waals surface area contributed by atoms with Gasteiger partial charge < -0.3 is 10.6 Å². The van der Waals surface area contributed by atoms with Crippen LogP contribution in [-0.2, 0) is 11.2 Å². The maximum Gasteiger partial charge on any atom is 0.229 e. The summed E-state index contributed by atoms with van der Waals surface area (Å²) in [6.07, 6.45) is 3.06. The molecule has 0 saturated carbocycles. The fraction of sp³-hybridized carbons (Fsp3) is 0.688. The second kappa shape index (κ2) is 5.74. The Morgan fingerprint density at radius 1 is 1.41 bits per heavy atom. The van der Waals surface area contributed by atoms with Gasteiger partial charge in [-0.2, -0.15) is 0 Å². The quantitative estimate of drug-likeness (QED) is 0.878. The summed E-state index contributed by atoms with van der Waals surface area (Å²) < 4.78 is 0. The van der Waals surface area contributed by atoms with E-state index < -0.39 is 0 Å². The maximum atomic E-state index is 12.4. The van der Waals surface area contributed by atoms with E-state index in [0.29, 0.717) is 17.6 Å². The van der Waals surface area contributed by atoms with E-state index in [0.717, 1.165) is 36.4 Å². The Labute approximate surface area is 134 Å².